The molecule has 7 heteroatoms. The van der Waals surface area contributed by atoms with Gasteiger partial charge in [0, 0.05) is 39.2 Å². The normalized spacial score (nSPS) is 18.7. The molecule has 0 N–H and O–H groups in total. The van der Waals surface area contributed by atoms with E-state index >= 15 is 0 Å². The third-order valence-electron chi connectivity index (χ3n) is 4.57. The molecule has 0 aliphatic carbocycles. The monoisotopic (exact) mass is 340 g/mol. The molecule has 7 nitrogen and oxygen atoms in total. The molecular weight excluding hydrogens is 320 g/mol. The minimum absolute atomic E-state index is 0.0374. The number of ether oxygens (including phenoxy) is 1. The zero-order valence-electron chi connectivity index (χ0n) is 14.3. The number of para-hydroxylation sites is 1. The van der Waals surface area contributed by atoms with Gasteiger partial charge in [0.25, 0.3) is 5.56 Å². The fourth-order valence-corrected chi connectivity index (χ4v) is 3.28. The average Bonchev–Trinajstić information content (AvgIpc) is 3.06. The molecule has 0 bridgehead atoms. The van der Waals surface area contributed by atoms with Gasteiger partial charge in [0.1, 0.15) is 6.10 Å². The van der Waals surface area contributed by atoms with Crippen molar-refractivity contribution in [3.05, 3.63) is 58.0 Å². The van der Waals surface area contributed by atoms with Gasteiger partial charge in [-0.15, -0.1) is 10.2 Å². The van der Waals surface area contributed by atoms with Crippen LogP contribution in [0.4, 0.5) is 0 Å². The highest BCUT2D eigenvalue weighted by atomic mass is 16.5. The van der Waals surface area contributed by atoms with Crippen LogP contribution in [0.25, 0.3) is 10.9 Å². The third-order valence-corrected chi connectivity index (χ3v) is 4.57. The minimum Gasteiger partial charge on any atom is -0.423 e. The van der Waals surface area contributed by atoms with Gasteiger partial charge in [-0.3, -0.25) is 9.69 Å². The Bertz CT molecular complexity index is 962. The van der Waals surface area contributed by atoms with Crippen molar-refractivity contribution in [3.8, 4) is 0 Å². The molecule has 1 aliphatic rings. The van der Waals surface area contributed by atoms with E-state index in [-0.39, 0.29) is 11.7 Å². The average molecular weight is 340 g/mol. The molecule has 1 aromatic carbocycles. The SMILES string of the molecule is Cc1nnc(C2CN(Cc3cc4ccccc4n(C)c3=O)CCO2)o1. The molecule has 3 heterocycles. The lowest BCUT2D eigenvalue weighted by molar-refractivity contribution is -0.0458. The second kappa shape index (κ2) is 6.42. The van der Waals surface area contributed by atoms with Gasteiger partial charge in [0.15, 0.2) is 0 Å². The Morgan fingerprint density at radius 3 is 2.92 bits per heavy atom. The standard InChI is InChI=1S/C18H20N4O3/c1-12-19-20-17(25-12)16-11-22(7-8-24-16)10-14-9-13-5-3-4-6-15(13)21(2)18(14)23/h3-6,9,16H,7-8,10-11H2,1-2H3. The second-order valence-corrected chi connectivity index (χ2v) is 6.35. The Kier molecular flexibility index (Phi) is 4.10. The number of hydrogen-bond donors (Lipinski definition) is 0. The number of aryl methyl sites for hydroxylation is 2. The van der Waals surface area contributed by atoms with Gasteiger partial charge in [0.05, 0.1) is 12.1 Å². The summed E-state index contributed by atoms with van der Waals surface area (Å²) in [7, 11) is 1.82. The fraction of sp³-hybridized carbons (Fsp3) is 0.389. The summed E-state index contributed by atoms with van der Waals surface area (Å²) in [4.78, 5) is 14.9. The van der Waals surface area contributed by atoms with Crippen LogP contribution in [-0.2, 0) is 18.3 Å². The van der Waals surface area contributed by atoms with E-state index in [1.807, 2.05) is 37.4 Å². The van der Waals surface area contributed by atoms with Crippen molar-refractivity contribution in [1.29, 1.82) is 0 Å². The molecular formula is C18H20N4O3. The van der Waals surface area contributed by atoms with Gasteiger partial charge in [-0.25, -0.2) is 0 Å². The quantitative estimate of drug-likeness (QED) is 0.724. The summed E-state index contributed by atoms with van der Waals surface area (Å²) >= 11 is 0. The van der Waals surface area contributed by atoms with Gasteiger partial charge < -0.3 is 13.7 Å². The molecule has 0 saturated carbocycles. The Balaban J connectivity index is 1.58. The molecule has 1 saturated heterocycles. The largest absolute Gasteiger partial charge is 0.423 e. The van der Waals surface area contributed by atoms with Crippen molar-refractivity contribution in [1.82, 2.24) is 19.7 Å². The number of benzene rings is 1. The fourth-order valence-electron chi connectivity index (χ4n) is 3.28. The van der Waals surface area contributed by atoms with E-state index in [0.717, 1.165) is 23.0 Å². The minimum atomic E-state index is -0.251. The molecule has 1 unspecified atom stereocenters. The number of morpholine rings is 1. The Hall–Kier alpha value is -2.51. The summed E-state index contributed by atoms with van der Waals surface area (Å²) in [6.45, 7) is 4.29. The highest BCUT2D eigenvalue weighted by molar-refractivity contribution is 5.79. The van der Waals surface area contributed by atoms with Gasteiger partial charge in [-0.1, -0.05) is 18.2 Å². The predicted octanol–water partition coefficient (Wildman–Crippen LogP) is 1.80. The maximum absolute atomic E-state index is 12.7. The van der Waals surface area contributed by atoms with E-state index < -0.39 is 0 Å². The number of aromatic nitrogens is 3. The predicted molar refractivity (Wildman–Crippen MR) is 92.2 cm³/mol. The van der Waals surface area contributed by atoms with E-state index in [0.29, 0.717) is 31.5 Å². The number of nitrogens with zero attached hydrogens (tertiary/aromatic N) is 4. The smallest absolute Gasteiger partial charge is 0.255 e. The molecule has 2 aromatic heterocycles. The van der Waals surface area contributed by atoms with Gasteiger partial charge in [-0.05, 0) is 17.5 Å². The molecule has 1 aliphatic heterocycles. The van der Waals surface area contributed by atoms with E-state index in [9.17, 15) is 4.79 Å². The molecule has 0 spiro atoms. The second-order valence-electron chi connectivity index (χ2n) is 6.35. The first-order valence-electron chi connectivity index (χ1n) is 8.33. The number of rotatable bonds is 3. The molecule has 0 radical (unpaired) electrons. The molecule has 4 rings (SSSR count). The molecule has 0 amide bonds. The van der Waals surface area contributed by atoms with Gasteiger partial charge in [0.2, 0.25) is 11.8 Å². The summed E-state index contributed by atoms with van der Waals surface area (Å²) in [5, 5.41) is 8.98. The van der Waals surface area contributed by atoms with Crippen LogP contribution in [0.5, 0.6) is 0 Å². The van der Waals surface area contributed by atoms with Crippen LogP contribution in [0, 0.1) is 6.92 Å². The molecule has 1 atom stereocenters. The Morgan fingerprint density at radius 2 is 2.12 bits per heavy atom. The number of fused-ring (bicyclic) bond motifs is 1. The lowest BCUT2D eigenvalue weighted by Crippen LogP contribution is -2.39. The van der Waals surface area contributed by atoms with Crippen molar-refractivity contribution in [2.75, 3.05) is 19.7 Å². The van der Waals surface area contributed by atoms with Crippen molar-refractivity contribution < 1.29 is 9.15 Å². The number of hydrogen-bond acceptors (Lipinski definition) is 6. The number of pyridine rings is 1. The van der Waals surface area contributed by atoms with Crippen molar-refractivity contribution in [2.24, 2.45) is 7.05 Å². The van der Waals surface area contributed by atoms with E-state index in [1.54, 1.807) is 11.5 Å². The first-order chi connectivity index (χ1) is 12.1. The Labute approximate surface area is 144 Å². The van der Waals surface area contributed by atoms with Crippen molar-refractivity contribution >= 4 is 10.9 Å². The van der Waals surface area contributed by atoms with Crippen molar-refractivity contribution in [2.45, 2.75) is 19.6 Å². The van der Waals surface area contributed by atoms with Crippen LogP contribution in [0.2, 0.25) is 0 Å². The Morgan fingerprint density at radius 1 is 1.28 bits per heavy atom. The molecule has 3 aromatic rings. The maximum atomic E-state index is 12.7. The molecule has 25 heavy (non-hydrogen) atoms. The summed E-state index contributed by atoms with van der Waals surface area (Å²) in [6, 6.07) is 9.91. The summed E-state index contributed by atoms with van der Waals surface area (Å²) < 4.78 is 12.9. The van der Waals surface area contributed by atoms with Crippen molar-refractivity contribution in [3.63, 3.8) is 0 Å². The lowest BCUT2D eigenvalue weighted by Gasteiger charge is -2.31. The summed E-state index contributed by atoms with van der Waals surface area (Å²) in [5.41, 5.74) is 1.76. The lowest BCUT2D eigenvalue weighted by atomic mass is 10.1. The van der Waals surface area contributed by atoms with Crippen LogP contribution in [0.1, 0.15) is 23.4 Å². The zero-order chi connectivity index (χ0) is 17.4. The molecule has 1 fully saturated rings. The maximum Gasteiger partial charge on any atom is 0.255 e. The zero-order valence-corrected chi connectivity index (χ0v) is 14.3. The highest BCUT2D eigenvalue weighted by Gasteiger charge is 2.26. The molecule has 130 valence electrons. The van der Waals surface area contributed by atoms with Crippen LogP contribution in [0.3, 0.4) is 0 Å². The summed E-state index contributed by atoms with van der Waals surface area (Å²) in [5.74, 6) is 1.02. The topological polar surface area (TPSA) is 73.4 Å². The first kappa shape index (κ1) is 16.0. The third kappa shape index (κ3) is 3.08. The van der Waals surface area contributed by atoms with Crippen LogP contribution < -0.4 is 5.56 Å². The van der Waals surface area contributed by atoms with Gasteiger partial charge >= 0.3 is 0 Å². The van der Waals surface area contributed by atoms with E-state index in [2.05, 4.69) is 15.1 Å². The van der Waals surface area contributed by atoms with E-state index in [4.69, 9.17) is 9.15 Å². The first-order valence-corrected chi connectivity index (χ1v) is 8.33. The highest BCUT2D eigenvalue weighted by Crippen LogP contribution is 2.22. The van der Waals surface area contributed by atoms with E-state index in [1.165, 1.54) is 0 Å². The summed E-state index contributed by atoms with van der Waals surface area (Å²) in [6.07, 6.45) is -0.251. The van der Waals surface area contributed by atoms with Crippen LogP contribution in [0.15, 0.2) is 39.5 Å². The van der Waals surface area contributed by atoms with Crippen LogP contribution >= 0.6 is 0 Å². The van der Waals surface area contributed by atoms with Gasteiger partial charge in [-0.2, -0.15) is 0 Å². The van der Waals surface area contributed by atoms with Crippen LogP contribution in [-0.4, -0.2) is 39.4 Å².